The number of hydrogen-bond donors (Lipinski definition) is 1. The van der Waals surface area contributed by atoms with Crippen LogP contribution in [0.1, 0.15) is 41.9 Å². The fourth-order valence-electron chi connectivity index (χ4n) is 4.97. The van der Waals surface area contributed by atoms with Crippen LogP contribution in [0.5, 0.6) is 0 Å². The summed E-state index contributed by atoms with van der Waals surface area (Å²) in [7, 11) is 0. The first-order valence-corrected chi connectivity index (χ1v) is 10.8. The van der Waals surface area contributed by atoms with E-state index in [0.717, 1.165) is 54.1 Å². The lowest BCUT2D eigenvalue weighted by Gasteiger charge is -2.41. The number of nitrogens with zero attached hydrogens (tertiary/aromatic N) is 2. The number of aromatic amines is 1. The molecule has 0 radical (unpaired) electrons. The van der Waals surface area contributed by atoms with Crippen LogP contribution in [0, 0.1) is 13.8 Å². The van der Waals surface area contributed by atoms with Crippen molar-refractivity contribution in [3.8, 4) is 0 Å². The van der Waals surface area contributed by atoms with Gasteiger partial charge in [-0.2, -0.15) is 0 Å². The fourth-order valence-corrected chi connectivity index (χ4v) is 5.26. The molecule has 2 unspecified atom stereocenters. The number of nitrogens with one attached hydrogen (secondary N) is 1. The lowest BCUT2D eigenvalue weighted by molar-refractivity contribution is 0.158. The largest absolute Gasteiger partial charge is 0.330 e. The third-order valence-electron chi connectivity index (χ3n) is 6.70. The van der Waals surface area contributed by atoms with Crippen LogP contribution in [0.4, 0.5) is 0 Å². The van der Waals surface area contributed by atoms with Gasteiger partial charge in [-0.15, -0.1) is 0 Å². The van der Waals surface area contributed by atoms with E-state index in [1.807, 2.05) is 16.7 Å². The van der Waals surface area contributed by atoms with Crippen molar-refractivity contribution in [1.29, 1.82) is 0 Å². The van der Waals surface area contributed by atoms with Gasteiger partial charge in [0.25, 0.3) is 0 Å². The molecule has 5 heteroatoms. The van der Waals surface area contributed by atoms with Gasteiger partial charge in [-0.25, -0.2) is 4.79 Å². The molecule has 2 aliphatic rings. The molecule has 1 saturated heterocycles. The van der Waals surface area contributed by atoms with E-state index in [4.69, 9.17) is 11.6 Å². The highest BCUT2D eigenvalue weighted by Gasteiger charge is 2.32. The highest BCUT2D eigenvalue weighted by Crippen LogP contribution is 2.37. The predicted octanol–water partition coefficient (Wildman–Crippen LogP) is 5.09. The van der Waals surface area contributed by atoms with Crippen molar-refractivity contribution in [2.24, 2.45) is 0 Å². The number of benzene rings is 2. The zero-order valence-electron chi connectivity index (χ0n) is 16.9. The third kappa shape index (κ3) is 3.24. The minimum Gasteiger partial charge on any atom is -0.305 e. The Bertz CT molecular complexity index is 1170. The number of hydrogen-bond acceptors (Lipinski definition) is 2. The van der Waals surface area contributed by atoms with Crippen LogP contribution in [-0.4, -0.2) is 33.6 Å². The number of piperidine rings is 1. The maximum Gasteiger partial charge on any atom is 0.330 e. The van der Waals surface area contributed by atoms with Crippen LogP contribution in [0.15, 0.2) is 47.3 Å². The van der Waals surface area contributed by atoms with E-state index >= 15 is 0 Å². The summed E-state index contributed by atoms with van der Waals surface area (Å²) in [6.45, 7) is 6.18. The Morgan fingerprint density at radius 2 is 1.90 bits per heavy atom. The first kappa shape index (κ1) is 18.7. The van der Waals surface area contributed by atoms with Crippen LogP contribution in [0.25, 0.3) is 16.7 Å². The molecule has 150 valence electrons. The highest BCUT2D eigenvalue weighted by atomic mass is 35.5. The lowest BCUT2D eigenvalue weighted by Crippen LogP contribution is -2.45. The van der Waals surface area contributed by atoms with E-state index in [0.29, 0.717) is 12.0 Å². The zero-order chi connectivity index (χ0) is 20.1. The SMILES string of the molecule is Cc1cc2[nH]c(=O)n(C3=CC4CCC(c5ccccc5Cl)CN4CC3)c2cc1C. The number of aryl methyl sites for hydroxylation is 2. The molecule has 0 saturated carbocycles. The first-order valence-electron chi connectivity index (χ1n) is 10.4. The lowest BCUT2D eigenvalue weighted by atomic mass is 9.85. The van der Waals surface area contributed by atoms with Gasteiger partial charge in [-0.05, 0) is 73.6 Å². The molecular formula is C24H26ClN3O. The maximum atomic E-state index is 12.7. The predicted molar refractivity (Wildman–Crippen MR) is 120 cm³/mol. The van der Waals surface area contributed by atoms with Gasteiger partial charge in [0.15, 0.2) is 0 Å². The van der Waals surface area contributed by atoms with Crippen LogP contribution < -0.4 is 5.69 Å². The van der Waals surface area contributed by atoms with Crippen molar-refractivity contribution in [3.05, 3.63) is 74.7 Å². The summed E-state index contributed by atoms with van der Waals surface area (Å²) in [4.78, 5) is 18.3. The number of H-pyrrole nitrogens is 1. The smallest absolute Gasteiger partial charge is 0.305 e. The molecule has 0 bridgehead atoms. The molecule has 2 atom stereocenters. The first-order chi connectivity index (χ1) is 14.0. The number of halogens is 1. The monoisotopic (exact) mass is 407 g/mol. The Hall–Kier alpha value is -2.30. The van der Waals surface area contributed by atoms with E-state index in [1.165, 1.54) is 16.7 Å². The summed E-state index contributed by atoms with van der Waals surface area (Å²) < 4.78 is 1.89. The highest BCUT2D eigenvalue weighted by molar-refractivity contribution is 6.31. The van der Waals surface area contributed by atoms with Crippen molar-refractivity contribution in [2.45, 2.75) is 45.1 Å². The minimum absolute atomic E-state index is 0.0329. The van der Waals surface area contributed by atoms with Crippen molar-refractivity contribution in [1.82, 2.24) is 14.5 Å². The van der Waals surface area contributed by atoms with Crippen molar-refractivity contribution >= 4 is 28.3 Å². The van der Waals surface area contributed by atoms with E-state index in [1.54, 1.807) is 0 Å². The van der Waals surface area contributed by atoms with E-state index < -0.39 is 0 Å². The summed E-state index contributed by atoms with van der Waals surface area (Å²) in [6.07, 6.45) is 5.41. The standard InChI is InChI=1S/C24H26ClN3O/c1-15-11-22-23(12-16(15)2)28(24(29)26-22)19-9-10-27-14-17(7-8-18(27)13-19)20-5-3-4-6-21(20)25/h3-6,11-13,17-18H,7-10,14H2,1-2H3,(H,26,29). The summed E-state index contributed by atoms with van der Waals surface area (Å²) in [6, 6.07) is 12.8. The average molecular weight is 408 g/mol. The summed E-state index contributed by atoms with van der Waals surface area (Å²) >= 11 is 6.45. The third-order valence-corrected chi connectivity index (χ3v) is 7.05. The molecule has 0 amide bonds. The Morgan fingerprint density at radius 3 is 2.72 bits per heavy atom. The van der Waals surface area contributed by atoms with Crippen LogP contribution in [0.3, 0.4) is 0 Å². The second-order valence-corrected chi connectivity index (χ2v) is 8.89. The summed E-state index contributed by atoms with van der Waals surface area (Å²) in [5, 5.41) is 0.875. The molecule has 4 nitrogen and oxygen atoms in total. The van der Waals surface area contributed by atoms with E-state index in [-0.39, 0.29) is 5.69 Å². The molecule has 5 rings (SSSR count). The summed E-state index contributed by atoms with van der Waals surface area (Å²) in [5.74, 6) is 0.483. The van der Waals surface area contributed by atoms with Gasteiger partial charge in [0.1, 0.15) is 0 Å². The molecule has 3 heterocycles. The normalized spacial score (nSPS) is 22.5. The zero-order valence-corrected chi connectivity index (χ0v) is 17.7. The second kappa shape index (κ2) is 7.19. The quantitative estimate of drug-likeness (QED) is 0.642. The second-order valence-electron chi connectivity index (χ2n) is 8.49. The number of fused-ring (bicyclic) bond motifs is 2. The van der Waals surface area contributed by atoms with Gasteiger partial charge in [0.2, 0.25) is 0 Å². The molecule has 1 aromatic heterocycles. The maximum absolute atomic E-state index is 12.7. The van der Waals surface area contributed by atoms with E-state index in [9.17, 15) is 4.79 Å². The number of imidazole rings is 1. The number of aromatic nitrogens is 2. The van der Waals surface area contributed by atoms with Gasteiger partial charge >= 0.3 is 5.69 Å². The van der Waals surface area contributed by atoms with Crippen LogP contribution in [0.2, 0.25) is 5.02 Å². The topological polar surface area (TPSA) is 41.0 Å². The van der Waals surface area contributed by atoms with Crippen LogP contribution in [-0.2, 0) is 0 Å². The Balaban J connectivity index is 1.45. The number of rotatable bonds is 2. The molecular weight excluding hydrogens is 382 g/mol. The molecule has 1 fully saturated rings. The summed E-state index contributed by atoms with van der Waals surface area (Å²) in [5.41, 5.74) is 6.68. The Morgan fingerprint density at radius 1 is 1.10 bits per heavy atom. The molecule has 1 N–H and O–H groups in total. The molecule has 0 aliphatic carbocycles. The van der Waals surface area contributed by atoms with Gasteiger partial charge < -0.3 is 4.98 Å². The molecule has 2 aliphatic heterocycles. The fraction of sp³-hybridized carbons (Fsp3) is 0.375. The van der Waals surface area contributed by atoms with Crippen LogP contribution >= 0.6 is 11.6 Å². The average Bonchev–Trinajstić information content (AvgIpc) is 3.02. The molecule has 2 aromatic carbocycles. The molecule has 3 aromatic rings. The van der Waals surface area contributed by atoms with Gasteiger partial charge in [0, 0.05) is 36.3 Å². The van der Waals surface area contributed by atoms with Gasteiger partial charge in [-0.3, -0.25) is 9.47 Å². The molecule has 29 heavy (non-hydrogen) atoms. The van der Waals surface area contributed by atoms with Crippen molar-refractivity contribution < 1.29 is 0 Å². The van der Waals surface area contributed by atoms with Gasteiger partial charge in [0.05, 0.1) is 11.0 Å². The van der Waals surface area contributed by atoms with Crippen molar-refractivity contribution in [3.63, 3.8) is 0 Å². The van der Waals surface area contributed by atoms with Gasteiger partial charge in [-0.1, -0.05) is 29.8 Å². The Labute approximate surface area is 175 Å². The van der Waals surface area contributed by atoms with Crippen molar-refractivity contribution in [2.75, 3.05) is 13.1 Å². The molecule has 0 spiro atoms. The minimum atomic E-state index is -0.0329. The Kier molecular flexibility index (Phi) is 4.64. The van der Waals surface area contributed by atoms with E-state index in [2.05, 4.69) is 54.1 Å².